The minimum absolute atomic E-state index is 0. The van der Waals surface area contributed by atoms with Gasteiger partial charge in [0.25, 0.3) is 0 Å². The van der Waals surface area contributed by atoms with E-state index in [1.807, 2.05) is 37.4 Å². The summed E-state index contributed by atoms with van der Waals surface area (Å²) in [4.78, 5) is 7.88. The first kappa shape index (κ1) is 29.0. The van der Waals surface area contributed by atoms with Gasteiger partial charge in [-0.15, -0.1) is 0 Å². The van der Waals surface area contributed by atoms with Crippen LogP contribution in [-0.2, 0) is 32.6 Å². The molecule has 0 aliphatic rings. The van der Waals surface area contributed by atoms with Gasteiger partial charge in [0.1, 0.15) is 0 Å². The van der Waals surface area contributed by atoms with Gasteiger partial charge in [0.15, 0.2) is 0 Å². The molecule has 0 spiro atoms. The van der Waals surface area contributed by atoms with E-state index in [2.05, 4.69) is 64.1 Å². The van der Waals surface area contributed by atoms with Crippen molar-refractivity contribution in [2.24, 2.45) is 0 Å². The molecule has 0 saturated carbocycles. The predicted molar refractivity (Wildman–Crippen MR) is 103 cm³/mol. The van der Waals surface area contributed by atoms with Gasteiger partial charge in [-0.25, -0.2) is 9.97 Å². The van der Waals surface area contributed by atoms with Crippen LogP contribution >= 0.6 is 0 Å². The molecule has 2 rings (SSSR count). The molecule has 25 heavy (non-hydrogen) atoms. The Balaban J connectivity index is -0.000000287. The summed E-state index contributed by atoms with van der Waals surface area (Å²) in [6.45, 7) is 6.60. The second kappa shape index (κ2) is 25.5. The van der Waals surface area contributed by atoms with E-state index in [1.165, 1.54) is 25.7 Å². The van der Waals surface area contributed by atoms with Crippen molar-refractivity contribution in [2.45, 2.75) is 52.6 Å². The Morgan fingerprint density at radius 2 is 1.16 bits per heavy atom. The van der Waals surface area contributed by atoms with E-state index in [4.69, 9.17) is 10.8 Å². The van der Waals surface area contributed by atoms with Gasteiger partial charge in [-0.1, -0.05) is 26.7 Å². The third-order valence-electron chi connectivity index (χ3n) is 2.66. The first-order chi connectivity index (χ1) is 11.7. The van der Waals surface area contributed by atoms with E-state index < -0.39 is 0 Å². The summed E-state index contributed by atoms with van der Waals surface area (Å²) >= 11 is 4.22. The van der Waals surface area contributed by atoms with Gasteiger partial charge < -0.3 is 9.13 Å². The molecule has 2 aromatic heterocycles. The summed E-state index contributed by atoms with van der Waals surface area (Å²) in [5.74, 6) is 0. The van der Waals surface area contributed by atoms with Crippen molar-refractivity contribution < 1.29 is 19.5 Å². The smallest absolute Gasteiger partial charge is 2.00 e. The van der Waals surface area contributed by atoms with E-state index in [-0.39, 0.29) is 19.5 Å². The number of hydrogen-bond donors (Lipinski definition) is 0. The molecule has 0 atom stereocenters. The molecule has 0 radical (unpaired) electrons. The monoisotopic (exact) mass is 524 g/mol. The van der Waals surface area contributed by atoms with Crippen LogP contribution in [0.15, 0.2) is 37.4 Å². The third kappa shape index (κ3) is 23.2. The van der Waals surface area contributed by atoms with E-state index >= 15 is 0 Å². The van der Waals surface area contributed by atoms with Crippen LogP contribution in [0, 0.1) is 0 Å². The van der Waals surface area contributed by atoms with Crippen LogP contribution in [0.2, 0.25) is 0 Å². The Kier molecular flexibility index (Phi) is 29.6. The Bertz CT molecular complexity index is 481. The molecule has 0 N–H and O–H groups in total. The van der Waals surface area contributed by atoms with Crippen molar-refractivity contribution in [2.75, 3.05) is 0 Å². The van der Waals surface area contributed by atoms with E-state index in [1.54, 1.807) is 9.43 Å². The second-order valence-corrected chi connectivity index (χ2v) is 5.26. The van der Waals surface area contributed by atoms with Gasteiger partial charge in [0.2, 0.25) is 0 Å². The molecule has 0 saturated heterocycles. The van der Waals surface area contributed by atoms with Crippen molar-refractivity contribution in [3.63, 3.8) is 0 Å². The van der Waals surface area contributed by atoms with Crippen molar-refractivity contribution in [1.29, 1.82) is 0 Å². The number of aromatic nitrogens is 4. The summed E-state index contributed by atoms with van der Waals surface area (Å²) in [7, 11) is 0. The number of rotatable bonds is 6. The average Bonchev–Trinajstić information content (AvgIpc) is 3.27. The van der Waals surface area contributed by atoms with Gasteiger partial charge in [0, 0.05) is 37.9 Å². The number of unbranched alkanes of at least 4 members (excludes halogenated alkanes) is 2. The maximum absolute atomic E-state index is 7.26. The number of aryl methyl sites for hydroxylation is 2. The summed E-state index contributed by atoms with van der Waals surface area (Å²) in [6, 6.07) is 0. The molecule has 2 heterocycles. The van der Waals surface area contributed by atoms with Gasteiger partial charge in [-0.3, -0.25) is 0 Å². The van der Waals surface area contributed by atoms with Crippen molar-refractivity contribution >= 4 is 40.6 Å². The molecule has 0 bridgehead atoms. The molecular weight excluding hydrogens is 500 g/mol. The zero-order valence-electron chi connectivity index (χ0n) is 14.9. The number of nitrogens with zero attached hydrogens (tertiary/aromatic N) is 6. The minimum Gasteiger partial charge on any atom is 2.00 e. The van der Waals surface area contributed by atoms with Gasteiger partial charge >= 0.3 is 70.9 Å². The summed E-state index contributed by atoms with van der Waals surface area (Å²) in [5.41, 5.74) is 0. The molecule has 2 aromatic rings. The first-order valence-corrected chi connectivity index (χ1v) is 9.35. The maximum atomic E-state index is 7.26. The van der Waals surface area contributed by atoms with Gasteiger partial charge in [-0.2, -0.15) is 0 Å². The molecule has 132 valence electrons. The fraction of sp³-hybridized carbons (Fsp3) is 0.500. The van der Waals surface area contributed by atoms with Crippen LogP contribution < -0.4 is 0 Å². The maximum Gasteiger partial charge on any atom is 2.00 e. The zero-order chi connectivity index (χ0) is 18.5. The average molecular weight is 524 g/mol. The van der Waals surface area contributed by atoms with Gasteiger partial charge in [0.05, 0.1) is 12.7 Å². The quantitative estimate of drug-likeness (QED) is 0.431. The SMILES string of the molecule is CCCCn1ccnc1.CCCCn1ccnc1.[N-]=C=[Se].[N-]=C=[Se].[Zn+2]. The van der Waals surface area contributed by atoms with Crippen LogP contribution in [-0.4, -0.2) is 59.7 Å². The molecule has 0 unspecified atom stereocenters. The summed E-state index contributed by atoms with van der Waals surface area (Å²) in [5, 5.41) is 14.5. The second-order valence-electron chi connectivity index (χ2n) is 4.49. The molecule has 0 aliphatic heterocycles. The fourth-order valence-electron chi connectivity index (χ4n) is 1.52. The van der Waals surface area contributed by atoms with Crippen LogP contribution in [0.3, 0.4) is 0 Å². The first-order valence-electron chi connectivity index (χ1n) is 7.63. The predicted octanol–water partition coefficient (Wildman–Crippen LogP) is 2.62. The summed E-state index contributed by atoms with van der Waals surface area (Å²) < 4.78 is 7.45. The Morgan fingerprint density at radius 3 is 1.36 bits per heavy atom. The van der Waals surface area contributed by atoms with Crippen LogP contribution in [0.25, 0.3) is 10.8 Å². The molecule has 0 aromatic carbocycles. The topological polar surface area (TPSA) is 80.2 Å². The molecule has 9 heteroatoms. The van der Waals surface area contributed by atoms with E-state index in [0.29, 0.717) is 0 Å². The minimum atomic E-state index is 0. The van der Waals surface area contributed by atoms with Gasteiger partial charge in [-0.05, 0) is 12.8 Å². The summed E-state index contributed by atoms with van der Waals surface area (Å²) in [6.07, 6.45) is 16.3. The van der Waals surface area contributed by atoms with Crippen molar-refractivity contribution in [3.8, 4) is 0 Å². The normalized spacial score (nSPS) is 7.76. The van der Waals surface area contributed by atoms with E-state index in [9.17, 15) is 0 Å². The Labute approximate surface area is 179 Å². The Morgan fingerprint density at radius 1 is 0.840 bits per heavy atom. The molecule has 0 fully saturated rings. The zero-order valence-corrected chi connectivity index (χ0v) is 21.3. The molecule has 0 amide bonds. The van der Waals surface area contributed by atoms with Crippen LogP contribution in [0.5, 0.6) is 0 Å². The fourth-order valence-corrected chi connectivity index (χ4v) is 1.52. The van der Waals surface area contributed by atoms with Crippen molar-refractivity contribution in [3.05, 3.63) is 48.3 Å². The standard InChI is InChI=1S/2C7H12N2.2CNSe.Zn/c2*1-2-3-5-9-6-4-8-7-9;2*2-1-3;/h2*4,6-7H,2-3,5H2,1H3;;;/q;;2*-1;+2. The number of imidazole rings is 2. The largest absolute Gasteiger partial charge is 2.00 e. The molecular formula is C16H24N6Se2Zn. The Hall–Kier alpha value is -0.758. The molecule has 6 nitrogen and oxygen atoms in total. The van der Waals surface area contributed by atoms with E-state index in [0.717, 1.165) is 13.1 Å². The van der Waals surface area contributed by atoms with Crippen LogP contribution in [0.1, 0.15) is 39.5 Å². The molecule has 0 aliphatic carbocycles. The van der Waals surface area contributed by atoms with Crippen molar-refractivity contribution in [1.82, 2.24) is 19.1 Å². The van der Waals surface area contributed by atoms with Crippen LogP contribution in [0.4, 0.5) is 0 Å². The third-order valence-corrected chi connectivity index (χ3v) is 2.66. The number of hydrogen-bond acceptors (Lipinski definition) is 2.